The lowest BCUT2D eigenvalue weighted by molar-refractivity contribution is -0.227. The van der Waals surface area contributed by atoms with Crippen LogP contribution in [0.5, 0.6) is 0 Å². The summed E-state index contributed by atoms with van der Waals surface area (Å²) in [6.45, 7) is -0.711. The Morgan fingerprint density at radius 2 is 1.85 bits per heavy atom. The zero-order valence-electron chi connectivity index (χ0n) is 14.4. The van der Waals surface area contributed by atoms with E-state index < -0.39 is 43.1 Å². The van der Waals surface area contributed by atoms with Crippen molar-refractivity contribution in [3.05, 3.63) is 41.5 Å². The van der Waals surface area contributed by atoms with Crippen LogP contribution in [0.15, 0.2) is 30.3 Å². The van der Waals surface area contributed by atoms with Crippen LogP contribution < -0.4 is 0 Å². The minimum atomic E-state index is -1.49. The molecule has 0 bridgehead atoms. The predicted octanol–water partition coefficient (Wildman–Crippen LogP) is -1.03. The van der Waals surface area contributed by atoms with Gasteiger partial charge in [-0.25, -0.2) is 4.79 Å². The van der Waals surface area contributed by atoms with Crippen molar-refractivity contribution in [2.45, 2.75) is 43.5 Å². The smallest absolute Gasteiger partial charge is 0.330 e. The van der Waals surface area contributed by atoms with Crippen molar-refractivity contribution in [3.8, 4) is 0 Å². The van der Waals surface area contributed by atoms with Crippen molar-refractivity contribution >= 4 is 11.5 Å². The van der Waals surface area contributed by atoms with E-state index in [-0.39, 0.29) is 13.0 Å². The molecule has 1 aromatic rings. The highest BCUT2D eigenvalue weighted by atomic mass is 16.5. The van der Waals surface area contributed by atoms with E-state index in [1.54, 1.807) is 24.3 Å². The van der Waals surface area contributed by atoms with Crippen LogP contribution in [-0.4, -0.2) is 75.7 Å². The molecule has 8 heteroatoms. The lowest BCUT2D eigenvalue weighted by Gasteiger charge is -2.40. The number of hydrogen-bond donors (Lipinski definition) is 5. The lowest BCUT2D eigenvalue weighted by Crippen LogP contribution is -2.58. The van der Waals surface area contributed by atoms with Crippen LogP contribution in [0.25, 0.3) is 5.57 Å². The second-order valence-corrected chi connectivity index (χ2v) is 6.12. The molecule has 1 saturated heterocycles. The zero-order chi connectivity index (χ0) is 19.3. The highest BCUT2D eigenvalue weighted by Crippen LogP contribution is 2.29. The van der Waals surface area contributed by atoms with E-state index in [0.717, 1.165) is 0 Å². The molecule has 0 amide bonds. The highest BCUT2D eigenvalue weighted by molar-refractivity contribution is 5.91. The van der Waals surface area contributed by atoms with E-state index in [1.165, 1.54) is 13.2 Å². The standard InChI is InChI=1S/C18H24O8/c1-25-15(21)7-12(11-4-2-3-10(5-11)8-19)6-13-16(22)18(24)17(23)14(9-20)26-13/h2-5,7,13-14,16-20,22-24H,6,8-9H2,1H3/b12-7+/t13-,14+,16-,17-,18+/m0/s1. The molecule has 5 N–H and O–H groups in total. The van der Waals surface area contributed by atoms with Crippen molar-refractivity contribution in [2.24, 2.45) is 0 Å². The Morgan fingerprint density at radius 1 is 1.15 bits per heavy atom. The Kier molecular flexibility index (Phi) is 7.27. The molecule has 1 aromatic carbocycles. The zero-order valence-corrected chi connectivity index (χ0v) is 14.4. The quantitative estimate of drug-likeness (QED) is 0.317. The summed E-state index contributed by atoms with van der Waals surface area (Å²) < 4.78 is 10.2. The molecular formula is C18H24O8. The SMILES string of the molecule is COC(=O)/C=C(\C[C@@H]1O[C@H](CO)[C@H](O)[C@H](O)[C@H]1O)c1cccc(CO)c1. The number of rotatable bonds is 6. The summed E-state index contributed by atoms with van der Waals surface area (Å²) in [7, 11) is 1.23. The van der Waals surface area contributed by atoms with Crippen molar-refractivity contribution in [1.29, 1.82) is 0 Å². The fraction of sp³-hybridized carbons (Fsp3) is 0.500. The summed E-state index contributed by atoms with van der Waals surface area (Å²) in [6, 6.07) is 6.82. The molecule has 2 rings (SSSR count). The molecule has 1 heterocycles. The normalized spacial score (nSPS) is 29.5. The van der Waals surface area contributed by atoms with Gasteiger partial charge < -0.3 is 35.0 Å². The fourth-order valence-corrected chi connectivity index (χ4v) is 2.89. The summed E-state index contributed by atoms with van der Waals surface area (Å²) in [5.74, 6) is -0.612. The summed E-state index contributed by atoms with van der Waals surface area (Å²) in [5, 5.41) is 48.6. The van der Waals surface area contributed by atoms with Crippen molar-refractivity contribution in [3.63, 3.8) is 0 Å². The minimum absolute atomic E-state index is 0.0193. The first-order chi connectivity index (χ1) is 12.4. The van der Waals surface area contributed by atoms with Gasteiger partial charge in [0.05, 0.1) is 26.4 Å². The van der Waals surface area contributed by atoms with Crippen LogP contribution in [0, 0.1) is 0 Å². The maximum absolute atomic E-state index is 11.7. The number of aliphatic hydroxyl groups excluding tert-OH is 5. The number of benzene rings is 1. The van der Waals surface area contributed by atoms with Gasteiger partial charge in [-0.05, 0) is 22.8 Å². The van der Waals surface area contributed by atoms with E-state index in [4.69, 9.17) is 4.74 Å². The number of carbonyl (C=O) groups is 1. The molecule has 8 nitrogen and oxygen atoms in total. The third-order valence-electron chi connectivity index (χ3n) is 4.39. The van der Waals surface area contributed by atoms with Crippen molar-refractivity contribution in [2.75, 3.05) is 13.7 Å². The first kappa shape index (κ1) is 20.5. The molecule has 0 spiro atoms. The maximum atomic E-state index is 11.7. The van der Waals surface area contributed by atoms with Gasteiger partial charge in [0.15, 0.2) is 0 Å². The molecule has 0 saturated carbocycles. The minimum Gasteiger partial charge on any atom is -0.466 e. The van der Waals surface area contributed by atoms with Crippen LogP contribution >= 0.6 is 0 Å². The van der Waals surface area contributed by atoms with Crippen LogP contribution in [0.2, 0.25) is 0 Å². The highest BCUT2D eigenvalue weighted by Gasteiger charge is 2.43. The molecule has 0 unspecified atom stereocenters. The molecule has 1 aliphatic heterocycles. The molecule has 1 aliphatic rings. The van der Waals surface area contributed by atoms with E-state index in [1.807, 2.05) is 0 Å². The molecule has 5 atom stereocenters. The Labute approximate surface area is 150 Å². The lowest BCUT2D eigenvalue weighted by atomic mass is 9.89. The molecule has 1 fully saturated rings. The first-order valence-electron chi connectivity index (χ1n) is 8.20. The third-order valence-corrected chi connectivity index (χ3v) is 4.39. The summed E-state index contributed by atoms with van der Waals surface area (Å²) in [4.78, 5) is 11.7. The van der Waals surface area contributed by atoms with Gasteiger partial charge in [0.25, 0.3) is 0 Å². The van der Waals surface area contributed by atoms with Crippen LogP contribution in [0.4, 0.5) is 0 Å². The molecule has 0 radical (unpaired) electrons. The first-order valence-corrected chi connectivity index (χ1v) is 8.20. The van der Waals surface area contributed by atoms with Gasteiger partial charge in [0.2, 0.25) is 0 Å². The summed E-state index contributed by atoms with van der Waals surface area (Å²) in [5.41, 5.74) is 1.70. The molecule has 26 heavy (non-hydrogen) atoms. The average molecular weight is 368 g/mol. The van der Waals surface area contributed by atoms with Crippen LogP contribution in [0.1, 0.15) is 17.5 Å². The maximum Gasteiger partial charge on any atom is 0.330 e. The topological polar surface area (TPSA) is 137 Å². The predicted molar refractivity (Wildman–Crippen MR) is 90.7 cm³/mol. The second kappa shape index (κ2) is 9.22. The molecule has 0 aliphatic carbocycles. The van der Waals surface area contributed by atoms with E-state index in [2.05, 4.69) is 4.74 Å². The number of ether oxygens (including phenoxy) is 2. The number of methoxy groups -OCH3 is 1. The van der Waals surface area contributed by atoms with Gasteiger partial charge in [0, 0.05) is 12.5 Å². The van der Waals surface area contributed by atoms with Crippen molar-refractivity contribution in [1.82, 2.24) is 0 Å². The summed E-state index contributed by atoms with van der Waals surface area (Å²) >= 11 is 0. The second-order valence-electron chi connectivity index (χ2n) is 6.12. The third kappa shape index (κ3) is 4.67. The Hall–Kier alpha value is -1.81. The van der Waals surface area contributed by atoms with E-state index in [0.29, 0.717) is 16.7 Å². The Balaban J connectivity index is 2.31. The Morgan fingerprint density at radius 3 is 2.46 bits per heavy atom. The van der Waals surface area contributed by atoms with Gasteiger partial charge >= 0.3 is 5.97 Å². The van der Waals surface area contributed by atoms with Crippen molar-refractivity contribution < 1.29 is 39.8 Å². The number of hydrogen-bond acceptors (Lipinski definition) is 8. The van der Waals surface area contributed by atoms with Crippen LogP contribution in [0.3, 0.4) is 0 Å². The average Bonchev–Trinajstić information content (AvgIpc) is 2.67. The fourth-order valence-electron chi connectivity index (χ4n) is 2.89. The van der Waals surface area contributed by atoms with Gasteiger partial charge in [-0.15, -0.1) is 0 Å². The molecule has 144 valence electrons. The van der Waals surface area contributed by atoms with Gasteiger partial charge in [-0.2, -0.15) is 0 Å². The van der Waals surface area contributed by atoms with E-state index >= 15 is 0 Å². The largest absolute Gasteiger partial charge is 0.466 e. The van der Waals surface area contributed by atoms with Gasteiger partial charge in [-0.1, -0.05) is 18.2 Å². The summed E-state index contributed by atoms with van der Waals surface area (Å²) in [6.07, 6.45) is -5.08. The number of carbonyl (C=O) groups excluding carboxylic acids is 1. The molecular weight excluding hydrogens is 344 g/mol. The van der Waals surface area contributed by atoms with Crippen LogP contribution in [-0.2, 0) is 20.9 Å². The van der Waals surface area contributed by atoms with Gasteiger partial charge in [0.1, 0.15) is 24.4 Å². The monoisotopic (exact) mass is 368 g/mol. The molecule has 0 aromatic heterocycles. The van der Waals surface area contributed by atoms with E-state index in [9.17, 15) is 30.3 Å². The van der Waals surface area contributed by atoms with Gasteiger partial charge in [-0.3, -0.25) is 0 Å². The number of esters is 1. The Bertz CT molecular complexity index is 642. The number of aliphatic hydroxyl groups is 5.